The highest BCUT2D eigenvalue weighted by molar-refractivity contribution is 6.10. The second-order valence-corrected chi connectivity index (χ2v) is 14.2. The number of aliphatic hydroxyl groups excluding tert-OH is 3. The zero-order chi connectivity index (χ0) is 38.6. The van der Waals surface area contributed by atoms with Crippen LogP contribution in [0, 0.1) is 12.8 Å². The Hall–Kier alpha value is -4.57. The molecule has 6 amide bonds. The Morgan fingerprint density at radius 3 is 2.02 bits per heavy atom. The predicted octanol–water partition coefficient (Wildman–Crippen LogP) is 3.16. The molecule has 286 valence electrons. The largest absolute Gasteiger partial charge is 0.481 e. The number of aliphatic hydroxyl groups is 3. The van der Waals surface area contributed by atoms with Crippen LogP contribution in [-0.2, 0) is 20.9 Å². The number of nitrogens with two attached hydrogens (primary N) is 1. The van der Waals surface area contributed by atoms with E-state index in [0.29, 0.717) is 24.2 Å². The van der Waals surface area contributed by atoms with Crippen molar-refractivity contribution in [1.82, 2.24) is 15.1 Å². The van der Waals surface area contributed by atoms with Crippen molar-refractivity contribution in [3.8, 4) is 0 Å². The van der Waals surface area contributed by atoms with E-state index in [1.54, 1.807) is 24.0 Å². The van der Waals surface area contributed by atoms with Gasteiger partial charge in [-0.25, -0.2) is 14.5 Å². The zero-order valence-electron chi connectivity index (χ0n) is 30.4. The molecular weight excluding hydrogens is 672 g/mol. The average Bonchev–Trinajstić information content (AvgIpc) is 3.29. The first-order valence-corrected chi connectivity index (χ1v) is 17.6. The van der Waals surface area contributed by atoms with E-state index in [1.807, 2.05) is 57.2 Å². The standard InChI is InChI=1S/C33H43N5O6.C4H11NO3/c1-21(2)18-27(29(41)34-23(4)19-28(39)40)38-30(42)33(16-8-5-9-17-33)37(32(38)44)20-24-12-14-25(15-13-24)35-31(43)36-26-11-7-6-10-22(26)3;5-4(1-6,2-7)3-8/h6-7,10-15,21,23,27H,5,8-9,16-20H2,1-4H3,(H,34,41)(H,39,40)(H2,35,36,43);6-8H,1-3,5H2/t23-,27+;/m1./s1. The Bertz CT molecular complexity index is 1530. The van der Waals surface area contributed by atoms with Gasteiger partial charge in [-0.15, -0.1) is 0 Å². The first-order chi connectivity index (χ1) is 24.6. The molecule has 2 aliphatic rings. The summed E-state index contributed by atoms with van der Waals surface area (Å²) in [6.45, 7) is 6.29. The number of aliphatic carboxylic acids is 1. The van der Waals surface area contributed by atoms with E-state index >= 15 is 0 Å². The molecule has 1 saturated carbocycles. The molecule has 2 aromatic rings. The fourth-order valence-corrected chi connectivity index (χ4v) is 6.31. The summed E-state index contributed by atoms with van der Waals surface area (Å²) >= 11 is 0. The van der Waals surface area contributed by atoms with Gasteiger partial charge in [0, 0.05) is 24.0 Å². The smallest absolute Gasteiger partial charge is 0.328 e. The summed E-state index contributed by atoms with van der Waals surface area (Å²) in [7, 11) is 0. The predicted molar refractivity (Wildman–Crippen MR) is 195 cm³/mol. The molecule has 1 heterocycles. The Morgan fingerprint density at radius 1 is 0.904 bits per heavy atom. The number of imide groups is 1. The van der Waals surface area contributed by atoms with Gasteiger partial charge in [0.25, 0.3) is 5.91 Å². The Morgan fingerprint density at radius 2 is 1.50 bits per heavy atom. The lowest BCUT2D eigenvalue weighted by Gasteiger charge is -2.38. The summed E-state index contributed by atoms with van der Waals surface area (Å²) in [6, 6.07) is 12.0. The van der Waals surface area contributed by atoms with Gasteiger partial charge in [-0.3, -0.25) is 14.4 Å². The van der Waals surface area contributed by atoms with Crippen LogP contribution in [0.3, 0.4) is 0 Å². The molecule has 0 bridgehead atoms. The number of urea groups is 2. The van der Waals surface area contributed by atoms with Crippen molar-refractivity contribution in [2.75, 3.05) is 30.5 Å². The second kappa shape index (κ2) is 18.8. The van der Waals surface area contributed by atoms with Crippen molar-refractivity contribution in [2.24, 2.45) is 11.7 Å². The number of hydrogen-bond donors (Lipinski definition) is 8. The molecule has 52 heavy (non-hydrogen) atoms. The number of amides is 6. The van der Waals surface area contributed by atoms with E-state index in [4.69, 9.17) is 26.2 Å². The van der Waals surface area contributed by atoms with Gasteiger partial charge in [0.05, 0.1) is 31.8 Å². The van der Waals surface area contributed by atoms with Crippen molar-refractivity contribution >= 4 is 41.2 Å². The van der Waals surface area contributed by atoms with E-state index in [2.05, 4.69) is 16.0 Å². The summed E-state index contributed by atoms with van der Waals surface area (Å²) in [4.78, 5) is 68.2. The minimum Gasteiger partial charge on any atom is -0.481 e. The second-order valence-electron chi connectivity index (χ2n) is 14.2. The highest BCUT2D eigenvalue weighted by atomic mass is 16.4. The number of aryl methyl sites for hydroxylation is 1. The van der Waals surface area contributed by atoms with Crippen LogP contribution in [0.5, 0.6) is 0 Å². The van der Waals surface area contributed by atoms with E-state index in [-0.39, 0.29) is 37.2 Å². The lowest BCUT2D eigenvalue weighted by molar-refractivity contribution is -0.142. The average molecular weight is 727 g/mol. The summed E-state index contributed by atoms with van der Waals surface area (Å²) in [5, 5.41) is 42.5. The number of carbonyl (C=O) groups excluding carboxylic acids is 4. The molecule has 2 atom stereocenters. The normalized spacial score (nSPS) is 16.6. The molecule has 0 radical (unpaired) electrons. The topological polar surface area (TPSA) is 235 Å². The molecule has 0 unspecified atom stereocenters. The molecule has 9 N–H and O–H groups in total. The van der Waals surface area contributed by atoms with Crippen molar-refractivity contribution < 1.29 is 44.4 Å². The Labute approximate surface area is 304 Å². The quantitative estimate of drug-likeness (QED) is 0.132. The van der Waals surface area contributed by atoms with Crippen LogP contribution in [0.2, 0.25) is 0 Å². The number of carbonyl (C=O) groups is 5. The molecule has 1 aliphatic carbocycles. The van der Waals surface area contributed by atoms with Gasteiger partial charge in [-0.1, -0.05) is 63.4 Å². The molecule has 15 heteroatoms. The summed E-state index contributed by atoms with van der Waals surface area (Å²) in [5.41, 5.74) is 5.90. The molecule has 2 aromatic carbocycles. The fourth-order valence-electron chi connectivity index (χ4n) is 6.31. The first-order valence-electron chi connectivity index (χ1n) is 17.6. The third-order valence-corrected chi connectivity index (χ3v) is 9.32. The van der Waals surface area contributed by atoms with Gasteiger partial charge < -0.3 is 47.0 Å². The molecule has 4 rings (SSSR count). The molecular formula is C37H54N6O9. The molecule has 15 nitrogen and oxygen atoms in total. The van der Waals surface area contributed by atoms with Gasteiger partial charge in [0.2, 0.25) is 5.91 Å². The number of benzene rings is 2. The summed E-state index contributed by atoms with van der Waals surface area (Å²) in [6.07, 6.45) is 3.56. The van der Waals surface area contributed by atoms with Crippen LogP contribution in [0.25, 0.3) is 0 Å². The number of carboxylic acid groups (broad SMARTS) is 1. The van der Waals surface area contributed by atoms with E-state index in [9.17, 15) is 24.0 Å². The summed E-state index contributed by atoms with van der Waals surface area (Å²) in [5.74, 6) is -1.94. The molecule has 1 spiro atoms. The van der Waals surface area contributed by atoms with Crippen LogP contribution in [-0.4, -0.2) is 103 Å². The van der Waals surface area contributed by atoms with Crippen molar-refractivity contribution in [1.29, 1.82) is 0 Å². The maximum Gasteiger partial charge on any atom is 0.328 e. The van der Waals surface area contributed by atoms with Crippen molar-refractivity contribution in [3.05, 3.63) is 59.7 Å². The van der Waals surface area contributed by atoms with Crippen LogP contribution >= 0.6 is 0 Å². The maximum atomic E-state index is 14.2. The van der Waals surface area contributed by atoms with Gasteiger partial charge in [0.1, 0.15) is 11.6 Å². The molecule has 1 aliphatic heterocycles. The van der Waals surface area contributed by atoms with Crippen LogP contribution in [0.4, 0.5) is 21.0 Å². The van der Waals surface area contributed by atoms with Crippen molar-refractivity contribution in [2.45, 2.75) is 102 Å². The minimum atomic E-state index is -1.21. The fraction of sp³-hybridized carbons (Fsp3) is 0.541. The number of nitrogens with zero attached hydrogens (tertiary/aromatic N) is 2. The number of hydrogen-bond acceptors (Lipinski definition) is 9. The molecule has 2 fully saturated rings. The van der Waals surface area contributed by atoms with E-state index in [0.717, 1.165) is 35.3 Å². The number of anilines is 2. The zero-order valence-corrected chi connectivity index (χ0v) is 30.4. The molecule has 0 aromatic heterocycles. The van der Waals surface area contributed by atoms with Crippen molar-refractivity contribution in [3.63, 3.8) is 0 Å². The maximum absolute atomic E-state index is 14.2. The summed E-state index contributed by atoms with van der Waals surface area (Å²) < 4.78 is 0. The van der Waals surface area contributed by atoms with Gasteiger partial charge in [-0.2, -0.15) is 0 Å². The third-order valence-electron chi connectivity index (χ3n) is 9.32. The SMILES string of the molecule is Cc1ccccc1NC(=O)Nc1ccc(CN2C(=O)N([C@@H](CC(C)C)C(=O)N[C@H](C)CC(=O)O)C(=O)C23CCCCC3)cc1.NC(CO)(CO)CO. The highest BCUT2D eigenvalue weighted by Gasteiger charge is 2.59. The molecule has 1 saturated heterocycles. The Kier molecular flexibility index (Phi) is 15.1. The van der Waals surface area contributed by atoms with Crippen LogP contribution in [0.1, 0.15) is 76.8 Å². The lowest BCUT2D eigenvalue weighted by Crippen LogP contribution is -2.54. The number of rotatable bonds is 14. The van der Waals surface area contributed by atoms with Crippen LogP contribution < -0.4 is 21.7 Å². The van der Waals surface area contributed by atoms with E-state index < -0.39 is 60.9 Å². The number of para-hydroxylation sites is 1. The van der Waals surface area contributed by atoms with Gasteiger partial charge in [-0.05, 0) is 68.4 Å². The highest BCUT2D eigenvalue weighted by Crippen LogP contribution is 2.42. The Balaban J connectivity index is 0.000000815. The van der Waals surface area contributed by atoms with Gasteiger partial charge in [0.15, 0.2) is 0 Å². The number of nitrogens with one attached hydrogen (secondary N) is 3. The van der Waals surface area contributed by atoms with Gasteiger partial charge >= 0.3 is 18.0 Å². The first kappa shape index (κ1) is 41.8. The minimum absolute atomic E-state index is 0.000496. The van der Waals surface area contributed by atoms with Crippen LogP contribution in [0.15, 0.2) is 48.5 Å². The van der Waals surface area contributed by atoms with E-state index in [1.165, 1.54) is 0 Å². The number of carboxylic acids is 1. The lowest BCUT2D eigenvalue weighted by atomic mass is 9.80. The third kappa shape index (κ3) is 10.7. The monoisotopic (exact) mass is 726 g/mol.